The van der Waals surface area contributed by atoms with Crippen LogP contribution in [0.15, 0.2) is 60.7 Å². The molecule has 1 heterocycles. The summed E-state index contributed by atoms with van der Waals surface area (Å²) >= 11 is 0. The number of benzene rings is 3. The highest BCUT2D eigenvalue weighted by atomic mass is 16.5. The molecule has 0 radical (unpaired) electrons. The van der Waals surface area contributed by atoms with E-state index in [1.54, 1.807) is 0 Å². The van der Waals surface area contributed by atoms with Gasteiger partial charge in [0.15, 0.2) is 0 Å². The van der Waals surface area contributed by atoms with Gasteiger partial charge in [0.25, 0.3) is 0 Å². The second-order valence-corrected chi connectivity index (χ2v) is 4.97. The van der Waals surface area contributed by atoms with E-state index in [9.17, 15) is 0 Å². The van der Waals surface area contributed by atoms with Gasteiger partial charge in [-0.25, -0.2) is 0 Å². The van der Waals surface area contributed by atoms with Crippen molar-refractivity contribution in [1.29, 1.82) is 0 Å². The molecule has 0 N–H and O–H groups in total. The molecule has 0 fully saturated rings. The Hall–Kier alpha value is -2.12. The molecule has 0 saturated carbocycles. The predicted octanol–water partition coefficient (Wildman–Crippen LogP) is 4.54. The van der Waals surface area contributed by atoms with E-state index < -0.39 is 0 Å². The van der Waals surface area contributed by atoms with E-state index >= 15 is 0 Å². The molecule has 1 nitrogen and oxygen atoms in total. The molecule has 3 aromatic carbocycles. The lowest BCUT2D eigenvalue weighted by Crippen LogP contribution is -1.89. The zero-order valence-electron chi connectivity index (χ0n) is 10.6. The van der Waals surface area contributed by atoms with Gasteiger partial charge in [-0.2, -0.15) is 0 Å². The first-order valence-electron chi connectivity index (χ1n) is 6.60. The number of hydrogen-bond acceptors (Lipinski definition) is 1. The Labute approximate surface area is 112 Å². The first kappa shape index (κ1) is 10.8. The third-order valence-corrected chi connectivity index (χ3v) is 3.84. The third kappa shape index (κ3) is 1.66. The Morgan fingerprint density at radius 3 is 2.32 bits per heavy atom. The lowest BCUT2D eigenvalue weighted by Gasteiger charge is -2.11. The molecular formula is C18H14O. The zero-order chi connectivity index (χ0) is 12.7. The van der Waals surface area contributed by atoms with Crippen LogP contribution < -0.4 is 0 Å². The minimum absolute atomic E-state index is 0.736. The van der Waals surface area contributed by atoms with Gasteiger partial charge in [0.1, 0.15) is 0 Å². The average Bonchev–Trinajstić information content (AvgIpc) is 2.96. The van der Waals surface area contributed by atoms with E-state index in [1.165, 1.54) is 33.0 Å². The van der Waals surface area contributed by atoms with Crippen LogP contribution in [0.5, 0.6) is 0 Å². The molecule has 0 saturated heterocycles. The fraction of sp³-hybridized carbons (Fsp3) is 0.111. The van der Waals surface area contributed by atoms with Gasteiger partial charge >= 0.3 is 0 Å². The van der Waals surface area contributed by atoms with E-state index in [-0.39, 0.29) is 0 Å². The number of rotatable bonds is 1. The number of ether oxygens (including phenoxy) is 1. The van der Waals surface area contributed by atoms with E-state index in [4.69, 9.17) is 4.74 Å². The number of hydrogen-bond donors (Lipinski definition) is 0. The van der Waals surface area contributed by atoms with Crippen LogP contribution in [-0.4, -0.2) is 0 Å². The van der Waals surface area contributed by atoms with E-state index in [0.717, 1.165) is 13.2 Å². The molecule has 0 bridgehead atoms. The summed E-state index contributed by atoms with van der Waals surface area (Å²) in [6.07, 6.45) is 0. The highest BCUT2D eigenvalue weighted by Gasteiger charge is 2.17. The highest BCUT2D eigenvalue weighted by molar-refractivity contribution is 5.99. The molecule has 1 heteroatoms. The Bertz CT molecular complexity index is 744. The Morgan fingerprint density at radius 2 is 1.47 bits per heavy atom. The van der Waals surface area contributed by atoms with Crippen LogP contribution in [0.2, 0.25) is 0 Å². The first-order chi connectivity index (χ1) is 9.43. The summed E-state index contributed by atoms with van der Waals surface area (Å²) in [6.45, 7) is 1.48. The highest BCUT2D eigenvalue weighted by Crippen LogP contribution is 2.36. The van der Waals surface area contributed by atoms with Crippen LogP contribution in [0.4, 0.5) is 0 Å². The van der Waals surface area contributed by atoms with Gasteiger partial charge in [-0.3, -0.25) is 0 Å². The van der Waals surface area contributed by atoms with Gasteiger partial charge < -0.3 is 4.74 Å². The second-order valence-electron chi connectivity index (χ2n) is 4.97. The van der Waals surface area contributed by atoms with Crippen molar-refractivity contribution in [1.82, 2.24) is 0 Å². The average molecular weight is 246 g/mol. The Balaban J connectivity index is 2.09. The van der Waals surface area contributed by atoms with Crippen molar-refractivity contribution in [2.24, 2.45) is 0 Å². The summed E-state index contributed by atoms with van der Waals surface area (Å²) in [5.74, 6) is 0. The maximum atomic E-state index is 5.61. The minimum Gasteiger partial charge on any atom is -0.372 e. The van der Waals surface area contributed by atoms with Gasteiger partial charge in [-0.05, 0) is 39.1 Å². The summed E-state index contributed by atoms with van der Waals surface area (Å²) in [6, 6.07) is 21.5. The van der Waals surface area contributed by atoms with Crippen LogP contribution in [0.25, 0.3) is 21.9 Å². The summed E-state index contributed by atoms with van der Waals surface area (Å²) in [5.41, 5.74) is 5.27. The summed E-state index contributed by atoms with van der Waals surface area (Å²) in [4.78, 5) is 0. The molecule has 0 atom stereocenters. The van der Waals surface area contributed by atoms with Gasteiger partial charge in [0.05, 0.1) is 13.2 Å². The SMILES string of the molecule is c1ccc(-c2cc3c(c4ccccc24)COC3)cc1. The number of fused-ring (bicyclic) bond motifs is 3. The molecule has 0 spiro atoms. The molecule has 1 aliphatic heterocycles. The van der Waals surface area contributed by atoms with Crippen molar-refractivity contribution in [3.05, 3.63) is 71.8 Å². The predicted molar refractivity (Wildman–Crippen MR) is 77.9 cm³/mol. The molecule has 3 aromatic rings. The molecular weight excluding hydrogens is 232 g/mol. The van der Waals surface area contributed by atoms with Crippen LogP contribution in [0.3, 0.4) is 0 Å². The molecule has 19 heavy (non-hydrogen) atoms. The summed E-state index contributed by atoms with van der Waals surface area (Å²) in [5, 5.41) is 2.65. The standard InChI is InChI=1S/C18H14O/c1-2-6-13(7-3-1)17-10-14-11-19-12-18(14)16-9-5-4-8-15(16)17/h1-10H,11-12H2. The quantitative estimate of drug-likeness (QED) is 0.612. The van der Waals surface area contributed by atoms with Crippen LogP contribution >= 0.6 is 0 Å². The lowest BCUT2D eigenvalue weighted by molar-refractivity contribution is 0.135. The van der Waals surface area contributed by atoms with Crippen LogP contribution in [-0.2, 0) is 18.0 Å². The second kappa shape index (κ2) is 4.22. The van der Waals surface area contributed by atoms with Gasteiger partial charge in [0.2, 0.25) is 0 Å². The first-order valence-corrected chi connectivity index (χ1v) is 6.60. The maximum absolute atomic E-state index is 5.61. The van der Waals surface area contributed by atoms with Crippen molar-refractivity contribution in [3.63, 3.8) is 0 Å². The molecule has 0 aliphatic carbocycles. The molecule has 0 amide bonds. The smallest absolute Gasteiger partial charge is 0.0731 e. The largest absolute Gasteiger partial charge is 0.372 e. The minimum atomic E-state index is 0.736. The molecule has 0 aromatic heterocycles. The Kier molecular flexibility index (Phi) is 2.39. The summed E-state index contributed by atoms with van der Waals surface area (Å²) < 4.78 is 5.61. The van der Waals surface area contributed by atoms with Crippen molar-refractivity contribution in [3.8, 4) is 11.1 Å². The fourth-order valence-electron chi connectivity index (χ4n) is 2.91. The maximum Gasteiger partial charge on any atom is 0.0731 e. The van der Waals surface area contributed by atoms with Gasteiger partial charge in [0, 0.05) is 0 Å². The van der Waals surface area contributed by atoms with E-state index in [1.807, 2.05) is 0 Å². The lowest BCUT2D eigenvalue weighted by atomic mass is 9.92. The van der Waals surface area contributed by atoms with Crippen LogP contribution in [0, 0.1) is 0 Å². The normalized spacial score (nSPS) is 13.7. The van der Waals surface area contributed by atoms with Gasteiger partial charge in [-0.1, -0.05) is 54.6 Å². The van der Waals surface area contributed by atoms with E-state index in [2.05, 4.69) is 60.7 Å². The molecule has 1 aliphatic rings. The monoisotopic (exact) mass is 246 g/mol. The third-order valence-electron chi connectivity index (χ3n) is 3.84. The molecule has 4 rings (SSSR count). The zero-order valence-corrected chi connectivity index (χ0v) is 10.6. The van der Waals surface area contributed by atoms with Crippen molar-refractivity contribution in [2.75, 3.05) is 0 Å². The molecule has 0 unspecified atom stereocenters. The van der Waals surface area contributed by atoms with E-state index in [0.29, 0.717) is 0 Å². The van der Waals surface area contributed by atoms with Crippen molar-refractivity contribution >= 4 is 10.8 Å². The van der Waals surface area contributed by atoms with Gasteiger partial charge in [-0.15, -0.1) is 0 Å². The summed E-state index contributed by atoms with van der Waals surface area (Å²) in [7, 11) is 0. The topological polar surface area (TPSA) is 9.23 Å². The fourth-order valence-corrected chi connectivity index (χ4v) is 2.91. The van der Waals surface area contributed by atoms with Crippen LogP contribution in [0.1, 0.15) is 11.1 Å². The van der Waals surface area contributed by atoms with Crippen molar-refractivity contribution in [2.45, 2.75) is 13.2 Å². The molecule has 92 valence electrons. The van der Waals surface area contributed by atoms with Crippen molar-refractivity contribution < 1.29 is 4.74 Å². The Morgan fingerprint density at radius 1 is 0.737 bits per heavy atom.